The molecule has 0 aliphatic carbocycles. The molecule has 1 amide bonds. The van der Waals surface area contributed by atoms with Gasteiger partial charge in [0, 0.05) is 30.2 Å². The molecule has 0 unspecified atom stereocenters. The molecule has 1 heterocycles. The lowest BCUT2D eigenvalue weighted by Gasteiger charge is -2.22. The SMILES string of the molecule is CCCN(CCC)C(=O)Cn1cc(S(=O)(=O)Cc2cccc(F)c2)c2ccccc21. The molecule has 0 atom stereocenters. The fourth-order valence-electron chi connectivity index (χ4n) is 3.66. The van der Waals surface area contributed by atoms with Crippen molar-refractivity contribution < 1.29 is 17.6 Å². The third kappa shape index (κ3) is 4.90. The Balaban J connectivity index is 1.96. The summed E-state index contributed by atoms with van der Waals surface area (Å²) in [7, 11) is -3.72. The Morgan fingerprint density at radius 3 is 2.40 bits per heavy atom. The minimum Gasteiger partial charge on any atom is -0.341 e. The van der Waals surface area contributed by atoms with E-state index in [9.17, 15) is 17.6 Å². The fraction of sp³-hybridized carbons (Fsp3) is 0.348. The third-order valence-corrected chi connectivity index (χ3v) is 6.69. The molecular weight excluding hydrogens is 403 g/mol. The van der Waals surface area contributed by atoms with Crippen LogP contribution in [-0.4, -0.2) is 36.9 Å². The number of nitrogens with zero attached hydrogens (tertiary/aromatic N) is 2. The van der Waals surface area contributed by atoms with Gasteiger partial charge >= 0.3 is 0 Å². The number of rotatable bonds is 9. The van der Waals surface area contributed by atoms with Crippen LogP contribution in [-0.2, 0) is 26.9 Å². The molecule has 5 nitrogen and oxygen atoms in total. The first-order valence-corrected chi connectivity index (χ1v) is 11.8. The second kappa shape index (κ2) is 9.43. The summed E-state index contributed by atoms with van der Waals surface area (Å²) >= 11 is 0. The molecule has 0 saturated carbocycles. The Kier molecular flexibility index (Phi) is 6.92. The smallest absolute Gasteiger partial charge is 0.242 e. The van der Waals surface area contributed by atoms with Crippen molar-refractivity contribution in [2.24, 2.45) is 0 Å². The summed E-state index contributed by atoms with van der Waals surface area (Å²) in [6.45, 7) is 5.49. The average molecular weight is 431 g/mol. The molecule has 0 aliphatic heterocycles. The van der Waals surface area contributed by atoms with Gasteiger partial charge < -0.3 is 9.47 Å². The van der Waals surface area contributed by atoms with Gasteiger partial charge in [0.1, 0.15) is 12.4 Å². The van der Waals surface area contributed by atoms with Crippen LogP contribution in [0.4, 0.5) is 4.39 Å². The molecule has 0 N–H and O–H groups in total. The normalized spacial score (nSPS) is 11.7. The van der Waals surface area contributed by atoms with Crippen LogP contribution in [0.2, 0.25) is 0 Å². The summed E-state index contributed by atoms with van der Waals surface area (Å²) in [4.78, 5) is 14.8. The van der Waals surface area contributed by atoms with E-state index in [2.05, 4.69) is 0 Å². The molecule has 160 valence electrons. The fourth-order valence-corrected chi connectivity index (χ4v) is 5.23. The standard InChI is InChI=1S/C23H27FN2O3S/c1-3-12-25(13-4-2)23(27)16-26-15-22(20-10-5-6-11-21(20)26)30(28,29)17-18-8-7-9-19(24)14-18/h5-11,14-15H,3-4,12-13,16-17H2,1-2H3. The molecule has 0 bridgehead atoms. The van der Waals surface area contributed by atoms with Gasteiger partial charge in [-0.2, -0.15) is 0 Å². The maximum atomic E-state index is 13.5. The highest BCUT2D eigenvalue weighted by molar-refractivity contribution is 7.90. The number of hydrogen-bond donors (Lipinski definition) is 0. The summed E-state index contributed by atoms with van der Waals surface area (Å²) < 4.78 is 41.5. The maximum Gasteiger partial charge on any atom is 0.242 e. The number of carbonyl (C=O) groups is 1. The highest BCUT2D eigenvalue weighted by Crippen LogP contribution is 2.28. The highest BCUT2D eigenvalue weighted by Gasteiger charge is 2.23. The van der Waals surface area contributed by atoms with Crippen molar-refractivity contribution >= 4 is 26.6 Å². The monoisotopic (exact) mass is 430 g/mol. The van der Waals surface area contributed by atoms with Crippen molar-refractivity contribution in [2.75, 3.05) is 13.1 Å². The van der Waals surface area contributed by atoms with Gasteiger partial charge in [-0.05, 0) is 36.6 Å². The number of hydrogen-bond acceptors (Lipinski definition) is 3. The Labute approximate surface area is 177 Å². The Morgan fingerprint density at radius 2 is 1.73 bits per heavy atom. The first kappa shape index (κ1) is 22.0. The van der Waals surface area contributed by atoms with Gasteiger partial charge in [-0.3, -0.25) is 4.79 Å². The van der Waals surface area contributed by atoms with E-state index in [1.165, 1.54) is 24.4 Å². The quantitative estimate of drug-likeness (QED) is 0.505. The topological polar surface area (TPSA) is 59.4 Å². The number of aromatic nitrogens is 1. The van der Waals surface area contributed by atoms with Gasteiger partial charge in [0.05, 0.1) is 10.6 Å². The van der Waals surface area contributed by atoms with Crippen LogP contribution in [0.1, 0.15) is 32.3 Å². The number of para-hydroxylation sites is 1. The second-order valence-electron chi connectivity index (χ2n) is 7.41. The lowest BCUT2D eigenvalue weighted by molar-refractivity contribution is -0.131. The molecule has 3 aromatic rings. The van der Waals surface area contributed by atoms with Gasteiger partial charge in [0.15, 0.2) is 9.84 Å². The maximum absolute atomic E-state index is 13.5. The molecule has 0 aliphatic rings. The van der Waals surface area contributed by atoms with Gasteiger partial charge in [-0.25, -0.2) is 12.8 Å². The molecule has 3 rings (SSSR count). The summed E-state index contributed by atoms with van der Waals surface area (Å²) in [5.74, 6) is -0.805. The average Bonchev–Trinajstić information content (AvgIpc) is 3.07. The first-order valence-electron chi connectivity index (χ1n) is 10.2. The van der Waals surface area contributed by atoms with Crippen LogP contribution in [0.3, 0.4) is 0 Å². The minimum absolute atomic E-state index is 0.0338. The van der Waals surface area contributed by atoms with E-state index in [1.807, 2.05) is 30.9 Å². The number of fused-ring (bicyclic) bond motifs is 1. The second-order valence-corrected chi connectivity index (χ2v) is 9.37. The van der Waals surface area contributed by atoms with Gasteiger partial charge in [-0.1, -0.05) is 44.2 Å². The van der Waals surface area contributed by atoms with Crippen molar-refractivity contribution in [1.29, 1.82) is 0 Å². The van der Waals surface area contributed by atoms with Crippen molar-refractivity contribution in [3.05, 3.63) is 66.1 Å². The van der Waals surface area contributed by atoms with Gasteiger partial charge in [-0.15, -0.1) is 0 Å². The summed E-state index contributed by atoms with van der Waals surface area (Å²) in [6.07, 6.45) is 3.27. The van der Waals surface area contributed by atoms with Crippen molar-refractivity contribution in [1.82, 2.24) is 9.47 Å². The minimum atomic E-state index is -3.72. The van der Waals surface area contributed by atoms with Crippen LogP contribution in [0.15, 0.2) is 59.6 Å². The van der Waals surface area contributed by atoms with E-state index in [0.29, 0.717) is 29.6 Å². The Hall–Kier alpha value is -2.67. The molecule has 7 heteroatoms. The van der Waals surface area contributed by atoms with Gasteiger partial charge in [0.2, 0.25) is 5.91 Å². The van der Waals surface area contributed by atoms with Crippen LogP contribution in [0, 0.1) is 5.82 Å². The molecule has 0 fully saturated rings. The molecular formula is C23H27FN2O3S. The Bertz CT molecular complexity index is 1130. The molecule has 30 heavy (non-hydrogen) atoms. The molecule has 2 aromatic carbocycles. The van der Waals surface area contributed by atoms with E-state index in [4.69, 9.17) is 0 Å². The molecule has 0 radical (unpaired) electrons. The lowest BCUT2D eigenvalue weighted by atomic mass is 10.2. The van der Waals surface area contributed by atoms with E-state index in [-0.39, 0.29) is 23.1 Å². The number of sulfone groups is 1. The largest absolute Gasteiger partial charge is 0.341 e. The van der Waals surface area contributed by atoms with Gasteiger partial charge in [0.25, 0.3) is 0 Å². The van der Waals surface area contributed by atoms with Crippen molar-refractivity contribution in [3.63, 3.8) is 0 Å². The predicted molar refractivity (Wildman–Crippen MR) is 116 cm³/mol. The predicted octanol–water partition coefficient (Wildman–Crippen LogP) is 4.40. The molecule has 1 aromatic heterocycles. The third-order valence-electron chi connectivity index (χ3n) is 4.98. The van der Waals surface area contributed by atoms with Crippen molar-refractivity contribution in [2.45, 2.75) is 43.9 Å². The Morgan fingerprint density at radius 1 is 1.03 bits per heavy atom. The van der Waals surface area contributed by atoms with Crippen molar-refractivity contribution in [3.8, 4) is 0 Å². The first-order chi connectivity index (χ1) is 14.4. The van der Waals surface area contributed by atoms with E-state index < -0.39 is 15.7 Å². The summed E-state index contributed by atoms with van der Waals surface area (Å²) in [5.41, 5.74) is 1.08. The van der Waals surface area contributed by atoms with Crippen LogP contribution < -0.4 is 0 Å². The summed E-state index contributed by atoms with van der Waals surface area (Å²) in [5, 5.41) is 0.569. The number of amides is 1. The number of halogens is 1. The highest BCUT2D eigenvalue weighted by atomic mass is 32.2. The molecule has 0 spiro atoms. The zero-order valence-corrected chi connectivity index (χ0v) is 18.2. The van der Waals surface area contributed by atoms with E-state index in [1.54, 1.807) is 22.8 Å². The number of carbonyl (C=O) groups excluding carboxylic acids is 1. The number of benzene rings is 2. The zero-order valence-electron chi connectivity index (χ0n) is 17.3. The zero-order chi connectivity index (χ0) is 21.7. The van der Waals surface area contributed by atoms with E-state index in [0.717, 1.165) is 12.8 Å². The van der Waals surface area contributed by atoms with Crippen LogP contribution in [0.25, 0.3) is 10.9 Å². The van der Waals surface area contributed by atoms with Crippen LogP contribution >= 0.6 is 0 Å². The van der Waals surface area contributed by atoms with E-state index >= 15 is 0 Å². The summed E-state index contributed by atoms with van der Waals surface area (Å²) in [6, 6.07) is 12.8. The lowest BCUT2D eigenvalue weighted by Crippen LogP contribution is -2.35. The van der Waals surface area contributed by atoms with Crippen LogP contribution in [0.5, 0.6) is 0 Å². The molecule has 0 saturated heterocycles.